The fraction of sp³-hybridized carbons (Fsp3) is 0.500. The largest absolute Gasteiger partial charge is 0.375 e. The first-order valence-corrected chi connectivity index (χ1v) is 7.50. The number of morpholine rings is 1. The Balaban J connectivity index is 0.00000264. The maximum Gasteiger partial charge on any atom is 0.240 e. The fourth-order valence-electron chi connectivity index (χ4n) is 2.50. The third kappa shape index (κ3) is 5.49. The monoisotopic (exact) mass is 341 g/mol. The minimum atomic E-state index is -0.338. The standard InChI is InChI=1S/C16H23N3O3.ClH/c1-10(13-5-4-6-14(9-13)19-12(3)20)18-16(21)15-11(2)22-8-7-17-15;/h4-6,9-11,15,17H,7-8H2,1-3H3,(H,18,21)(H,19,20);1H/t10?,11-,15+;/m1./s1. The molecule has 1 aromatic carbocycles. The molecule has 1 aliphatic heterocycles. The molecule has 0 aliphatic carbocycles. The Morgan fingerprint density at radius 1 is 1.39 bits per heavy atom. The van der Waals surface area contributed by atoms with Crippen LogP contribution in [0.15, 0.2) is 24.3 Å². The lowest BCUT2D eigenvalue weighted by Gasteiger charge is -2.30. The van der Waals surface area contributed by atoms with E-state index in [2.05, 4.69) is 16.0 Å². The summed E-state index contributed by atoms with van der Waals surface area (Å²) >= 11 is 0. The number of hydrogen-bond acceptors (Lipinski definition) is 4. The summed E-state index contributed by atoms with van der Waals surface area (Å²) in [6.45, 7) is 6.57. The Kier molecular flexibility index (Phi) is 7.48. The second-order valence-electron chi connectivity index (χ2n) is 5.54. The molecule has 1 aromatic rings. The van der Waals surface area contributed by atoms with Crippen LogP contribution in [0.5, 0.6) is 0 Å². The molecule has 7 heteroatoms. The van der Waals surface area contributed by atoms with Crippen molar-refractivity contribution in [3.63, 3.8) is 0 Å². The van der Waals surface area contributed by atoms with E-state index in [-0.39, 0.29) is 42.4 Å². The van der Waals surface area contributed by atoms with E-state index in [0.717, 1.165) is 11.3 Å². The molecule has 23 heavy (non-hydrogen) atoms. The molecule has 1 saturated heterocycles. The number of benzene rings is 1. The van der Waals surface area contributed by atoms with E-state index in [1.807, 2.05) is 38.1 Å². The van der Waals surface area contributed by atoms with Crippen molar-refractivity contribution in [3.8, 4) is 0 Å². The van der Waals surface area contributed by atoms with Crippen LogP contribution in [0.1, 0.15) is 32.4 Å². The van der Waals surface area contributed by atoms with E-state index < -0.39 is 0 Å². The van der Waals surface area contributed by atoms with Crippen molar-refractivity contribution in [2.45, 2.75) is 39.0 Å². The second-order valence-corrected chi connectivity index (χ2v) is 5.54. The van der Waals surface area contributed by atoms with Crippen LogP contribution in [0.2, 0.25) is 0 Å². The smallest absolute Gasteiger partial charge is 0.240 e. The van der Waals surface area contributed by atoms with Gasteiger partial charge in [0.25, 0.3) is 0 Å². The highest BCUT2D eigenvalue weighted by molar-refractivity contribution is 5.88. The van der Waals surface area contributed by atoms with Crippen LogP contribution >= 0.6 is 12.4 Å². The van der Waals surface area contributed by atoms with E-state index in [9.17, 15) is 9.59 Å². The van der Waals surface area contributed by atoms with Gasteiger partial charge in [0.15, 0.2) is 0 Å². The van der Waals surface area contributed by atoms with Gasteiger partial charge >= 0.3 is 0 Å². The Morgan fingerprint density at radius 2 is 2.13 bits per heavy atom. The number of rotatable bonds is 4. The maximum absolute atomic E-state index is 12.3. The molecular weight excluding hydrogens is 318 g/mol. The van der Waals surface area contributed by atoms with Crippen molar-refractivity contribution >= 4 is 29.9 Å². The summed E-state index contributed by atoms with van der Waals surface area (Å²) in [5, 5.41) is 8.89. The van der Waals surface area contributed by atoms with Crippen molar-refractivity contribution in [1.82, 2.24) is 10.6 Å². The lowest BCUT2D eigenvalue weighted by atomic mass is 10.1. The van der Waals surface area contributed by atoms with Gasteiger partial charge < -0.3 is 20.7 Å². The number of hydrogen-bond donors (Lipinski definition) is 3. The molecular formula is C16H24ClN3O3. The van der Waals surface area contributed by atoms with Crippen LogP contribution in [0.25, 0.3) is 0 Å². The van der Waals surface area contributed by atoms with Gasteiger partial charge in [-0.1, -0.05) is 12.1 Å². The van der Waals surface area contributed by atoms with Crippen LogP contribution < -0.4 is 16.0 Å². The van der Waals surface area contributed by atoms with Gasteiger partial charge in [0.2, 0.25) is 11.8 Å². The molecule has 2 amide bonds. The lowest BCUT2D eigenvalue weighted by Crippen LogP contribution is -2.55. The van der Waals surface area contributed by atoms with Crippen molar-refractivity contribution < 1.29 is 14.3 Å². The van der Waals surface area contributed by atoms with Gasteiger partial charge in [-0.25, -0.2) is 0 Å². The predicted octanol–water partition coefficient (Wildman–Crippen LogP) is 1.62. The van der Waals surface area contributed by atoms with Crippen LogP contribution in [0.4, 0.5) is 5.69 Å². The summed E-state index contributed by atoms with van der Waals surface area (Å²) in [5.74, 6) is -0.198. The summed E-state index contributed by atoms with van der Waals surface area (Å²) in [5.41, 5.74) is 1.66. The first kappa shape index (κ1) is 19.4. The number of ether oxygens (including phenoxy) is 1. The summed E-state index contributed by atoms with van der Waals surface area (Å²) in [6.07, 6.45) is -0.147. The zero-order valence-electron chi connectivity index (χ0n) is 13.6. The first-order chi connectivity index (χ1) is 10.5. The molecule has 1 aliphatic rings. The van der Waals surface area contributed by atoms with Crippen molar-refractivity contribution in [3.05, 3.63) is 29.8 Å². The number of nitrogens with one attached hydrogen (secondary N) is 3. The van der Waals surface area contributed by atoms with Gasteiger partial charge in [-0.2, -0.15) is 0 Å². The molecule has 1 unspecified atom stereocenters. The predicted molar refractivity (Wildman–Crippen MR) is 91.8 cm³/mol. The zero-order chi connectivity index (χ0) is 16.1. The average molecular weight is 342 g/mol. The van der Waals surface area contributed by atoms with E-state index in [0.29, 0.717) is 13.2 Å². The second kappa shape index (κ2) is 8.86. The molecule has 3 N–H and O–H groups in total. The quantitative estimate of drug-likeness (QED) is 0.777. The Morgan fingerprint density at radius 3 is 2.78 bits per heavy atom. The molecule has 0 saturated carbocycles. The fourth-order valence-corrected chi connectivity index (χ4v) is 2.50. The van der Waals surface area contributed by atoms with Gasteiger partial charge in [-0.3, -0.25) is 9.59 Å². The Labute approximate surface area is 142 Å². The number of anilines is 1. The van der Waals surface area contributed by atoms with Crippen LogP contribution in [-0.4, -0.2) is 37.1 Å². The van der Waals surface area contributed by atoms with Gasteiger partial charge in [0, 0.05) is 19.2 Å². The van der Waals surface area contributed by atoms with Gasteiger partial charge in [-0.05, 0) is 31.5 Å². The van der Waals surface area contributed by atoms with Gasteiger partial charge in [0.1, 0.15) is 6.04 Å². The third-order valence-electron chi connectivity index (χ3n) is 3.66. The van der Waals surface area contributed by atoms with Crippen molar-refractivity contribution in [2.24, 2.45) is 0 Å². The topological polar surface area (TPSA) is 79.5 Å². The number of amides is 2. The first-order valence-electron chi connectivity index (χ1n) is 7.50. The molecule has 0 radical (unpaired) electrons. The molecule has 2 rings (SSSR count). The highest BCUT2D eigenvalue weighted by Crippen LogP contribution is 2.18. The minimum Gasteiger partial charge on any atom is -0.375 e. The molecule has 3 atom stereocenters. The van der Waals surface area contributed by atoms with Crippen LogP contribution in [0, 0.1) is 0 Å². The SMILES string of the molecule is CC(=O)Nc1cccc(C(C)NC(=O)[C@H]2NCCO[C@@H]2C)c1.Cl. The van der Waals surface area contributed by atoms with E-state index in [1.165, 1.54) is 6.92 Å². The Hall–Kier alpha value is -1.63. The minimum absolute atomic E-state index is 0. The summed E-state index contributed by atoms with van der Waals surface area (Å²) in [4.78, 5) is 23.4. The third-order valence-corrected chi connectivity index (χ3v) is 3.66. The lowest BCUT2D eigenvalue weighted by molar-refractivity contribution is -0.129. The number of halogens is 1. The van der Waals surface area contributed by atoms with Crippen molar-refractivity contribution in [2.75, 3.05) is 18.5 Å². The summed E-state index contributed by atoms with van der Waals surface area (Å²) < 4.78 is 5.49. The molecule has 1 heterocycles. The van der Waals surface area contributed by atoms with E-state index >= 15 is 0 Å². The van der Waals surface area contributed by atoms with Crippen LogP contribution in [-0.2, 0) is 14.3 Å². The Bertz CT molecular complexity index is 553. The average Bonchev–Trinajstić information content (AvgIpc) is 2.47. The maximum atomic E-state index is 12.3. The normalized spacial score (nSPS) is 21.7. The molecule has 0 bridgehead atoms. The molecule has 0 spiro atoms. The van der Waals surface area contributed by atoms with Crippen LogP contribution in [0.3, 0.4) is 0 Å². The highest BCUT2D eigenvalue weighted by atomic mass is 35.5. The molecule has 1 fully saturated rings. The number of carbonyl (C=O) groups excluding carboxylic acids is 2. The molecule has 128 valence electrons. The number of carbonyl (C=O) groups is 2. The van der Waals surface area contributed by atoms with Gasteiger partial charge in [0.05, 0.1) is 18.8 Å². The highest BCUT2D eigenvalue weighted by Gasteiger charge is 2.29. The molecule has 0 aromatic heterocycles. The molecule has 6 nitrogen and oxygen atoms in total. The van der Waals surface area contributed by atoms with Crippen molar-refractivity contribution in [1.29, 1.82) is 0 Å². The summed E-state index contributed by atoms with van der Waals surface area (Å²) in [7, 11) is 0. The van der Waals surface area contributed by atoms with E-state index in [4.69, 9.17) is 4.74 Å². The summed E-state index contributed by atoms with van der Waals surface area (Å²) in [6, 6.07) is 6.96. The zero-order valence-corrected chi connectivity index (χ0v) is 14.4. The van der Waals surface area contributed by atoms with E-state index in [1.54, 1.807) is 0 Å². The van der Waals surface area contributed by atoms with Gasteiger partial charge in [-0.15, -0.1) is 12.4 Å².